The van der Waals surface area contributed by atoms with Crippen molar-refractivity contribution < 1.29 is 42.4 Å². The summed E-state index contributed by atoms with van der Waals surface area (Å²) in [6, 6.07) is 20.2. The average molecular weight is 350 g/mol. The van der Waals surface area contributed by atoms with E-state index in [1.165, 1.54) is 0 Å². The molecule has 0 bridgehead atoms. The summed E-state index contributed by atoms with van der Waals surface area (Å²) < 4.78 is 0. The van der Waals surface area contributed by atoms with E-state index in [1.807, 2.05) is 88.4 Å². The molecule has 0 unspecified atom stereocenters. The molecule has 0 aliphatic heterocycles. The molecular formula is C18H22O4Ti. The maximum absolute atomic E-state index is 5.73. The summed E-state index contributed by atoms with van der Waals surface area (Å²) >= 11 is 0. The van der Waals surface area contributed by atoms with Gasteiger partial charge < -0.3 is 11.0 Å². The molecule has 0 amide bonds. The Kier molecular flexibility index (Phi) is 10.5. The molecule has 0 aliphatic rings. The van der Waals surface area contributed by atoms with Crippen molar-refractivity contribution in [3.05, 3.63) is 71.8 Å². The third kappa shape index (κ3) is 6.55. The van der Waals surface area contributed by atoms with Crippen LogP contribution in [-0.4, -0.2) is 0 Å². The van der Waals surface area contributed by atoms with Gasteiger partial charge in [0.1, 0.15) is 11.2 Å². The average Bonchev–Trinajstić information content (AvgIpc) is 2.47. The summed E-state index contributed by atoms with van der Waals surface area (Å²) in [6.45, 7) is 8.01. The Labute approximate surface area is 153 Å². The molecular weight excluding hydrogens is 328 g/mol. The first-order valence-corrected chi connectivity index (χ1v) is 6.90. The van der Waals surface area contributed by atoms with Crippen molar-refractivity contribution in [1.82, 2.24) is 0 Å². The van der Waals surface area contributed by atoms with Gasteiger partial charge in [0, 0.05) is 0 Å². The summed E-state index contributed by atoms with van der Waals surface area (Å²) in [5.41, 5.74) is 1.19. The quantitative estimate of drug-likeness (QED) is 0.450. The normalized spacial score (nSPS) is 10.8. The fraction of sp³-hybridized carbons (Fsp3) is 0.333. The minimum atomic E-state index is -0.493. The van der Waals surface area contributed by atoms with Crippen LogP contribution < -0.4 is 0 Å². The number of benzene rings is 2. The Balaban J connectivity index is 0. The fourth-order valence-electron chi connectivity index (χ4n) is 1.98. The van der Waals surface area contributed by atoms with Crippen LogP contribution in [0.25, 0.3) is 0 Å². The monoisotopic (exact) mass is 350 g/mol. The smallest absolute Gasteiger partial charge is 2.00 e. The minimum absolute atomic E-state index is 0. The Bertz CT molecular complexity index is 490. The molecule has 2 rings (SSSR count). The van der Waals surface area contributed by atoms with Crippen LogP contribution in [0.3, 0.4) is 0 Å². The van der Waals surface area contributed by atoms with E-state index in [2.05, 4.69) is 0 Å². The summed E-state index contributed by atoms with van der Waals surface area (Å²) in [5.74, 6) is 0. The van der Waals surface area contributed by atoms with Gasteiger partial charge in [-0.2, -0.15) is 0 Å². The third-order valence-electron chi connectivity index (χ3n) is 3.40. The summed E-state index contributed by atoms with van der Waals surface area (Å²) in [7, 11) is 0. The molecule has 0 heterocycles. The van der Waals surface area contributed by atoms with Crippen LogP contribution in [0.1, 0.15) is 38.8 Å². The molecule has 2 aromatic carbocycles. The Hall–Kier alpha value is -1.01. The first-order valence-electron chi connectivity index (χ1n) is 6.90. The predicted octanol–water partition coefficient (Wildman–Crippen LogP) is 4.57. The van der Waals surface area contributed by atoms with Crippen LogP contribution in [-0.2, 0) is 53.6 Å². The van der Waals surface area contributed by atoms with Gasteiger partial charge in [0.15, 0.2) is 0 Å². The van der Waals surface area contributed by atoms with Crippen LogP contribution in [0.5, 0.6) is 0 Å². The van der Waals surface area contributed by atoms with Crippen molar-refractivity contribution in [2.24, 2.45) is 0 Å². The van der Waals surface area contributed by atoms with Gasteiger partial charge in [-0.15, -0.1) is 0 Å². The van der Waals surface area contributed by atoms with Crippen molar-refractivity contribution in [3.63, 3.8) is 0 Å². The zero-order valence-corrected chi connectivity index (χ0v) is 15.5. The van der Waals surface area contributed by atoms with E-state index in [9.17, 15) is 0 Å². The van der Waals surface area contributed by atoms with E-state index >= 15 is 0 Å². The SMILES string of the molecule is CC(C)(OOC(C)(C)c1ccccc1)c1ccccc1.[O-2].[O-2].[Ti+4]. The number of hydrogen-bond acceptors (Lipinski definition) is 2. The molecule has 5 heteroatoms. The van der Waals surface area contributed by atoms with Crippen molar-refractivity contribution in [2.75, 3.05) is 0 Å². The standard InChI is InChI=1S/C18H22O2.2O.Ti/c1-17(2,15-11-7-5-8-12-15)19-20-18(3,4)16-13-9-6-10-14-16;;;/h5-14H,1-4H3;;;/q;2*-2;+4. The van der Waals surface area contributed by atoms with E-state index in [0.717, 1.165) is 11.1 Å². The Morgan fingerprint density at radius 3 is 1.09 bits per heavy atom. The van der Waals surface area contributed by atoms with Gasteiger partial charge in [-0.3, -0.25) is 0 Å². The number of hydrogen-bond donors (Lipinski definition) is 0. The second kappa shape index (κ2) is 9.98. The largest absolute Gasteiger partial charge is 4.00 e. The van der Waals surface area contributed by atoms with E-state index < -0.39 is 11.2 Å². The predicted molar refractivity (Wildman–Crippen MR) is 82.5 cm³/mol. The first-order chi connectivity index (χ1) is 9.42. The van der Waals surface area contributed by atoms with E-state index in [1.54, 1.807) is 0 Å². The van der Waals surface area contributed by atoms with Crippen molar-refractivity contribution in [3.8, 4) is 0 Å². The van der Waals surface area contributed by atoms with E-state index in [4.69, 9.17) is 9.78 Å². The molecule has 0 spiro atoms. The summed E-state index contributed by atoms with van der Waals surface area (Å²) in [4.78, 5) is 11.5. The fourth-order valence-corrected chi connectivity index (χ4v) is 1.98. The summed E-state index contributed by atoms with van der Waals surface area (Å²) in [6.07, 6.45) is 0. The Morgan fingerprint density at radius 2 is 0.826 bits per heavy atom. The van der Waals surface area contributed by atoms with E-state index in [0.29, 0.717) is 0 Å². The second-order valence-corrected chi connectivity index (χ2v) is 5.92. The zero-order chi connectivity index (χ0) is 14.6. The topological polar surface area (TPSA) is 75.5 Å². The van der Waals surface area contributed by atoms with Crippen LogP contribution in [0.2, 0.25) is 0 Å². The number of rotatable bonds is 5. The van der Waals surface area contributed by atoms with Gasteiger partial charge in [-0.25, -0.2) is 9.78 Å². The van der Waals surface area contributed by atoms with Crippen LogP contribution in [0, 0.1) is 0 Å². The van der Waals surface area contributed by atoms with Gasteiger partial charge in [-0.1, -0.05) is 60.7 Å². The molecule has 122 valence electrons. The Morgan fingerprint density at radius 1 is 0.565 bits per heavy atom. The van der Waals surface area contributed by atoms with Crippen LogP contribution in [0.15, 0.2) is 60.7 Å². The second-order valence-electron chi connectivity index (χ2n) is 5.92. The van der Waals surface area contributed by atoms with Gasteiger partial charge in [0.05, 0.1) is 0 Å². The van der Waals surface area contributed by atoms with Gasteiger partial charge in [0.2, 0.25) is 0 Å². The first kappa shape index (κ1) is 24.2. The van der Waals surface area contributed by atoms with Crippen LogP contribution in [0.4, 0.5) is 0 Å². The molecule has 0 saturated heterocycles. The zero-order valence-electron chi connectivity index (χ0n) is 13.9. The van der Waals surface area contributed by atoms with Crippen LogP contribution >= 0.6 is 0 Å². The molecule has 4 nitrogen and oxygen atoms in total. The molecule has 0 aromatic heterocycles. The molecule has 0 atom stereocenters. The molecule has 23 heavy (non-hydrogen) atoms. The third-order valence-corrected chi connectivity index (χ3v) is 3.40. The van der Waals surface area contributed by atoms with Crippen molar-refractivity contribution in [2.45, 2.75) is 38.9 Å². The molecule has 0 aliphatic carbocycles. The maximum atomic E-state index is 5.73. The summed E-state index contributed by atoms with van der Waals surface area (Å²) in [5, 5.41) is 0. The van der Waals surface area contributed by atoms with Crippen molar-refractivity contribution in [1.29, 1.82) is 0 Å². The van der Waals surface area contributed by atoms with Crippen molar-refractivity contribution >= 4 is 0 Å². The van der Waals surface area contributed by atoms with Gasteiger partial charge in [0.25, 0.3) is 0 Å². The molecule has 0 N–H and O–H groups in total. The molecule has 0 fully saturated rings. The minimum Gasteiger partial charge on any atom is -2.00 e. The van der Waals surface area contributed by atoms with Gasteiger partial charge in [-0.05, 0) is 38.8 Å². The molecule has 0 saturated carbocycles. The molecule has 2 aromatic rings. The molecule has 0 radical (unpaired) electrons. The van der Waals surface area contributed by atoms with E-state index in [-0.39, 0.29) is 32.7 Å². The maximum Gasteiger partial charge on any atom is 4.00 e. The van der Waals surface area contributed by atoms with Gasteiger partial charge >= 0.3 is 21.7 Å².